The summed E-state index contributed by atoms with van der Waals surface area (Å²) in [5.74, 6) is 2.68. The van der Waals surface area contributed by atoms with Crippen molar-refractivity contribution < 1.29 is 14.3 Å². The van der Waals surface area contributed by atoms with Gasteiger partial charge in [-0.15, -0.1) is 0 Å². The minimum absolute atomic E-state index is 0.0223. The molecular weight excluding hydrogens is 504 g/mol. The van der Waals surface area contributed by atoms with Crippen molar-refractivity contribution in [3.63, 3.8) is 0 Å². The number of amides is 1. The predicted octanol–water partition coefficient (Wildman–Crippen LogP) is 4.38. The first kappa shape index (κ1) is 24.4. The average molecular weight is 541 g/mol. The molecule has 4 aliphatic rings. The first-order valence-corrected chi connectivity index (χ1v) is 14.7. The van der Waals surface area contributed by atoms with Gasteiger partial charge in [-0.2, -0.15) is 0 Å². The molecule has 1 saturated heterocycles. The summed E-state index contributed by atoms with van der Waals surface area (Å²) in [6.07, 6.45) is 8.52. The first-order valence-electron chi connectivity index (χ1n) is 14.7. The molecule has 40 heavy (non-hydrogen) atoms. The molecule has 3 saturated carbocycles. The smallest absolute Gasteiger partial charge is 0.254 e. The summed E-state index contributed by atoms with van der Waals surface area (Å²) in [7, 11) is 3.46. The molecule has 4 heterocycles. The van der Waals surface area contributed by atoms with Crippen LogP contribution in [0.1, 0.15) is 54.9 Å². The molecule has 0 radical (unpaired) electrons. The van der Waals surface area contributed by atoms with Gasteiger partial charge >= 0.3 is 0 Å². The highest BCUT2D eigenvalue weighted by Gasteiger charge is 2.47. The Balaban J connectivity index is 1.29. The number of carbonyl (C=O) groups excluding carboxylic acids is 1. The molecule has 1 amide bonds. The Morgan fingerprint density at radius 2 is 1.98 bits per heavy atom. The number of ether oxygens (including phenoxy) is 2. The molecule has 1 aromatic carbocycles. The number of nitrogens with two attached hydrogens (primary N) is 1. The third kappa shape index (κ3) is 3.63. The highest BCUT2D eigenvalue weighted by Crippen LogP contribution is 2.45. The van der Waals surface area contributed by atoms with Crippen molar-refractivity contribution in [2.45, 2.75) is 69.3 Å². The number of pyridine rings is 1. The third-order valence-corrected chi connectivity index (χ3v) is 9.92. The molecule has 0 unspecified atom stereocenters. The molecular formula is C31H36N6O3. The van der Waals surface area contributed by atoms with Gasteiger partial charge in [0.1, 0.15) is 16.9 Å². The fourth-order valence-corrected chi connectivity index (χ4v) is 7.41. The van der Waals surface area contributed by atoms with E-state index in [0.717, 1.165) is 72.4 Å². The molecule has 2 bridgehead atoms. The molecule has 2 N–H and O–H groups in total. The van der Waals surface area contributed by atoms with Crippen LogP contribution in [0.4, 0.5) is 0 Å². The summed E-state index contributed by atoms with van der Waals surface area (Å²) < 4.78 is 16.3. The number of methoxy groups -OCH3 is 2. The van der Waals surface area contributed by atoms with Crippen molar-refractivity contribution in [3.05, 3.63) is 42.1 Å². The van der Waals surface area contributed by atoms with E-state index >= 15 is 0 Å². The number of rotatable bonds is 7. The molecule has 4 fully saturated rings. The Hall–Kier alpha value is -3.43. The number of imidazole rings is 1. The van der Waals surface area contributed by atoms with Gasteiger partial charge in [0.2, 0.25) is 0 Å². The lowest BCUT2D eigenvalue weighted by molar-refractivity contribution is 0.00771. The number of carbonyl (C=O) groups is 1. The monoisotopic (exact) mass is 540 g/mol. The van der Waals surface area contributed by atoms with Crippen molar-refractivity contribution in [1.82, 2.24) is 24.0 Å². The fourth-order valence-electron chi connectivity index (χ4n) is 7.41. The summed E-state index contributed by atoms with van der Waals surface area (Å²) in [6.45, 7) is 1.67. The maximum atomic E-state index is 13.8. The van der Waals surface area contributed by atoms with Crippen molar-refractivity contribution in [2.75, 3.05) is 20.8 Å². The largest absolute Gasteiger partial charge is 0.494 e. The third-order valence-electron chi connectivity index (χ3n) is 9.92. The van der Waals surface area contributed by atoms with Crippen LogP contribution in [0.2, 0.25) is 0 Å². The topological polar surface area (TPSA) is 100 Å². The van der Waals surface area contributed by atoms with E-state index in [9.17, 15) is 4.79 Å². The standard InChI is InChI=1S/C31H36N6O3/c1-39-22-13-21(14-22)37-28-23(10-20(12-26(28)40-2)31(38)36-16-19-7-8-24(36)27(19)32)34-30(37)25-11-18-4-3-9-33-29(18)35(25)15-17-5-6-17/h3-4,9-12,17,19,21-22,24,27H,5-8,13-16,32H2,1-2H3/t19-,21-,22+,24-,27-/m1/s1. The van der Waals surface area contributed by atoms with E-state index in [1.165, 1.54) is 12.8 Å². The number of hydrogen-bond donors (Lipinski definition) is 1. The SMILES string of the molecule is COc1cc(C(=O)N2C[C@H]3CC[C@@H]2[C@@H]3N)cc2nc(-c3cc4cccnc4n3CC3CC3)n([C@H]3C[C@@H](OC)C3)c12. The predicted molar refractivity (Wildman–Crippen MR) is 152 cm³/mol. The van der Waals surface area contributed by atoms with E-state index < -0.39 is 0 Å². The summed E-state index contributed by atoms with van der Waals surface area (Å²) in [5.41, 5.74) is 10.8. The first-order chi connectivity index (χ1) is 19.5. The number of hydrogen-bond acceptors (Lipinski definition) is 6. The van der Waals surface area contributed by atoms with E-state index in [-0.39, 0.29) is 30.1 Å². The highest BCUT2D eigenvalue weighted by atomic mass is 16.5. The van der Waals surface area contributed by atoms with Gasteiger partial charge in [-0.1, -0.05) is 0 Å². The van der Waals surface area contributed by atoms with Crippen LogP contribution in [0, 0.1) is 11.8 Å². The van der Waals surface area contributed by atoms with Crippen LogP contribution in [-0.2, 0) is 11.3 Å². The molecule has 3 atom stereocenters. The van der Waals surface area contributed by atoms with Crippen LogP contribution in [0.5, 0.6) is 5.75 Å². The van der Waals surface area contributed by atoms with Crippen LogP contribution in [0.15, 0.2) is 36.5 Å². The quantitative estimate of drug-likeness (QED) is 0.373. The number of likely N-dealkylation sites (tertiary alicyclic amines) is 1. The van der Waals surface area contributed by atoms with E-state index in [2.05, 4.69) is 21.3 Å². The Morgan fingerprint density at radius 3 is 2.67 bits per heavy atom. The maximum Gasteiger partial charge on any atom is 0.254 e. The number of benzene rings is 1. The van der Waals surface area contributed by atoms with Crippen molar-refractivity contribution in [1.29, 1.82) is 0 Å². The van der Waals surface area contributed by atoms with Gasteiger partial charge in [-0.3, -0.25) is 4.79 Å². The zero-order chi connectivity index (χ0) is 27.1. The number of fused-ring (bicyclic) bond motifs is 4. The van der Waals surface area contributed by atoms with E-state index in [1.54, 1.807) is 14.2 Å². The molecule has 9 heteroatoms. The molecule has 8 rings (SSSR count). The molecule has 0 spiro atoms. The van der Waals surface area contributed by atoms with Gasteiger partial charge in [0.25, 0.3) is 5.91 Å². The summed E-state index contributed by atoms with van der Waals surface area (Å²) in [5, 5.41) is 1.11. The van der Waals surface area contributed by atoms with Gasteiger partial charge < -0.3 is 29.2 Å². The van der Waals surface area contributed by atoms with Crippen LogP contribution in [0.3, 0.4) is 0 Å². The summed E-state index contributed by atoms with van der Waals surface area (Å²) in [6, 6.07) is 10.6. The number of nitrogens with zero attached hydrogens (tertiary/aromatic N) is 5. The second-order valence-corrected chi connectivity index (χ2v) is 12.3. The van der Waals surface area contributed by atoms with Crippen LogP contribution in [-0.4, -0.2) is 68.9 Å². The summed E-state index contributed by atoms with van der Waals surface area (Å²) in [4.78, 5) is 25.8. The zero-order valence-electron chi connectivity index (χ0n) is 23.1. The zero-order valence-corrected chi connectivity index (χ0v) is 23.1. The van der Waals surface area contributed by atoms with Crippen molar-refractivity contribution in [3.8, 4) is 17.3 Å². The van der Waals surface area contributed by atoms with E-state index in [1.807, 2.05) is 29.3 Å². The second-order valence-electron chi connectivity index (χ2n) is 12.3. The van der Waals surface area contributed by atoms with E-state index in [0.29, 0.717) is 23.1 Å². The lowest BCUT2D eigenvalue weighted by Crippen LogP contribution is -2.41. The van der Waals surface area contributed by atoms with Gasteiger partial charge in [0.15, 0.2) is 5.82 Å². The lowest BCUT2D eigenvalue weighted by atomic mass is 9.88. The molecule has 4 aromatic rings. The van der Waals surface area contributed by atoms with Crippen LogP contribution >= 0.6 is 0 Å². The van der Waals surface area contributed by atoms with Crippen LogP contribution < -0.4 is 10.5 Å². The highest BCUT2D eigenvalue weighted by molar-refractivity contribution is 6.00. The Labute approximate surface area is 233 Å². The summed E-state index contributed by atoms with van der Waals surface area (Å²) >= 11 is 0. The van der Waals surface area contributed by atoms with E-state index in [4.69, 9.17) is 25.2 Å². The maximum absolute atomic E-state index is 13.8. The molecule has 1 aliphatic heterocycles. The minimum atomic E-state index is 0.0223. The average Bonchev–Trinajstić information content (AvgIpc) is 3.29. The molecule has 208 valence electrons. The number of piperidine rings is 1. The normalized spacial score (nSPS) is 27.6. The number of aromatic nitrogens is 4. The fraction of sp³-hybridized carbons (Fsp3) is 0.516. The Morgan fingerprint density at radius 1 is 1.12 bits per heavy atom. The van der Waals surface area contributed by atoms with Crippen LogP contribution in [0.25, 0.3) is 33.6 Å². The molecule has 3 aromatic heterocycles. The van der Waals surface area contributed by atoms with Crippen molar-refractivity contribution >= 4 is 28.0 Å². The molecule has 9 nitrogen and oxygen atoms in total. The van der Waals surface area contributed by atoms with Gasteiger partial charge in [0, 0.05) is 55.5 Å². The Kier molecular flexibility index (Phi) is 5.51. The lowest BCUT2D eigenvalue weighted by Gasteiger charge is -2.36. The molecule has 3 aliphatic carbocycles. The second kappa shape index (κ2) is 9.04. The van der Waals surface area contributed by atoms with Gasteiger partial charge in [0.05, 0.1) is 24.4 Å². The van der Waals surface area contributed by atoms with Gasteiger partial charge in [-0.05, 0) is 80.7 Å². The minimum Gasteiger partial charge on any atom is -0.494 e. The Bertz CT molecular complexity index is 1630. The van der Waals surface area contributed by atoms with Crippen molar-refractivity contribution in [2.24, 2.45) is 17.6 Å². The van der Waals surface area contributed by atoms with Gasteiger partial charge in [-0.25, -0.2) is 9.97 Å².